The molecule has 0 bridgehead atoms. The van der Waals surface area contributed by atoms with Gasteiger partial charge in [-0.15, -0.1) is 0 Å². The zero-order chi connectivity index (χ0) is 28.5. The summed E-state index contributed by atoms with van der Waals surface area (Å²) in [4.78, 5) is 27.8. The van der Waals surface area contributed by atoms with Crippen LogP contribution in [0.3, 0.4) is 0 Å². The van der Waals surface area contributed by atoms with Gasteiger partial charge in [0.1, 0.15) is 23.1 Å². The Bertz CT molecular complexity index is 1250. The van der Waals surface area contributed by atoms with Gasteiger partial charge in [-0.1, -0.05) is 60.7 Å². The quantitative estimate of drug-likeness (QED) is 0.325. The van der Waals surface area contributed by atoms with Gasteiger partial charge in [0.2, 0.25) is 0 Å². The van der Waals surface area contributed by atoms with Crippen LogP contribution in [0.25, 0.3) is 11.1 Å². The first-order valence-electron chi connectivity index (χ1n) is 13.6. The summed E-state index contributed by atoms with van der Waals surface area (Å²) in [7, 11) is 5.22. The van der Waals surface area contributed by atoms with Crippen molar-refractivity contribution in [3.8, 4) is 22.6 Å². The maximum absolute atomic E-state index is 13.5. The molecule has 8 heteroatoms. The highest BCUT2D eigenvalue weighted by Crippen LogP contribution is 2.38. The summed E-state index contributed by atoms with van der Waals surface area (Å²) >= 11 is 0. The normalized spacial score (nSPS) is 17.4. The summed E-state index contributed by atoms with van der Waals surface area (Å²) in [5.74, 6) is -0.0860. The highest BCUT2D eigenvalue weighted by Gasteiger charge is 2.43. The SMILES string of the molecule is COc1cccc(OC)c1-c1ccc(C[C@H](NC(=O)C2(CCN(C)Cc3ccccc3)CCCO2)C(=O)O)cc1. The van der Waals surface area contributed by atoms with Gasteiger partial charge in [-0.2, -0.15) is 0 Å². The molecule has 3 aromatic rings. The highest BCUT2D eigenvalue weighted by atomic mass is 16.5. The van der Waals surface area contributed by atoms with Gasteiger partial charge < -0.3 is 29.5 Å². The van der Waals surface area contributed by atoms with Crippen LogP contribution in [0.4, 0.5) is 0 Å². The number of carbonyl (C=O) groups excluding carboxylic acids is 1. The molecule has 0 saturated carbocycles. The molecule has 1 heterocycles. The molecule has 4 rings (SSSR count). The summed E-state index contributed by atoms with van der Waals surface area (Å²) in [6.45, 7) is 1.89. The Morgan fingerprint density at radius 2 is 1.65 bits per heavy atom. The summed E-state index contributed by atoms with van der Waals surface area (Å²) in [6, 6.07) is 22.2. The molecule has 0 aliphatic carbocycles. The minimum Gasteiger partial charge on any atom is -0.496 e. The molecule has 0 aromatic heterocycles. The number of carboxylic acids is 1. The number of ether oxygens (including phenoxy) is 3. The lowest BCUT2D eigenvalue weighted by molar-refractivity contribution is -0.149. The van der Waals surface area contributed by atoms with E-state index in [4.69, 9.17) is 14.2 Å². The van der Waals surface area contributed by atoms with Crippen LogP contribution in [0.1, 0.15) is 30.4 Å². The molecule has 2 atom stereocenters. The van der Waals surface area contributed by atoms with Crippen LogP contribution in [0, 0.1) is 0 Å². The fraction of sp³-hybridized carbons (Fsp3) is 0.375. The number of benzene rings is 3. The first-order chi connectivity index (χ1) is 19.3. The number of carboxylic acid groups (broad SMARTS) is 1. The summed E-state index contributed by atoms with van der Waals surface area (Å²) in [5.41, 5.74) is 2.65. The number of aliphatic carboxylic acids is 1. The molecule has 1 amide bonds. The standard InChI is InChI=1S/C32H38N2O6/c1-34(22-24-9-5-4-6-10-24)19-18-32(17-8-20-40-32)31(37)33-26(30(35)36)21-23-13-15-25(16-14-23)29-27(38-2)11-7-12-28(29)39-3/h4-7,9-16,26H,8,17-22H2,1-3H3,(H,33,37)(H,35,36)/t26-,32?/m0/s1. The molecular formula is C32H38N2O6. The van der Waals surface area contributed by atoms with E-state index < -0.39 is 17.6 Å². The monoisotopic (exact) mass is 546 g/mol. The van der Waals surface area contributed by atoms with E-state index in [0.29, 0.717) is 37.5 Å². The van der Waals surface area contributed by atoms with Crippen molar-refractivity contribution >= 4 is 11.9 Å². The number of carbonyl (C=O) groups is 2. The van der Waals surface area contributed by atoms with E-state index in [2.05, 4.69) is 22.3 Å². The Labute approximate surface area is 235 Å². The second-order valence-electron chi connectivity index (χ2n) is 10.2. The smallest absolute Gasteiger partial charge is 0.326 e. The maximum Gasteiger partial charge on any atom is 0.326 e. The van der Waals surface area contributed by atoms with E-state index in [-0.39, 0.29) is 12.3 Å². The third-order valence-electron chi connectivity index (χ3n) is 7.42. The fourth-order valence-corrected chi connectivity index (χ4v) is 5.20. The van der Waals surface area contributed by atoms with Crippen LogP contribution in [-0.4, -0.2) is 67.9 Å². The molecule has 0 radical (unpaired) electrons. The number of hydrogen-bond donors (Lipinski definition) is 2. The largest absolute Gasteiger partial charge is 0.496 e. The Morgan fingerprint density at radius 1 is 0.975 bits per heavy atom. The minimum absolute atomic E-state index is 0.147. The predicted octanol–water partition coefficient (Wildman–Crippen LogP) is 4.55. The van der Waals surface area contributed by atoms with Gasteiger partial charge in [0, 0.05) is 26.1 Å². The number of nitrogens with zero attached hydrogens (tertiary/aromatic N) is 1. The summed E-state index contributed by atoms with van der Waals surface area (Å²) < 4.78 is 17.0. The first kappa shape index (κ1) is 29.1. The van der Waals surface area contributed by atoms with Crippen molar-refractivity contribution in [2.75, 3.05) is 34.4 Å². The van der Waals surface area contributed by atoms with E-state index in [0.717, 1.165) is 29.7 Å². The molecule has 1 unspecified atom stereocenters. The van der Waals surface area contributed by atoms with E-state index in [1.807, 2.05) is 67.7 Å². The lowest BCUT2D eigenvalue weighted by Gasteiger charge is -2.30. The van der Waals surface area contributed by atoms with Crippen LogP contribution in [0.5, 0.6) is 11.5 Å². The first-order valence-corrected chi connectivity index (χ1v) is 13.6. The van der Waals surface area contributed by atoms with Gasteiger partial charge in [-0.3, -0.25) is 4.79 Å². The molecule has 212 valence electrons. The van der Waals surface area contributed by atoms with Crippen molar-refractivity contribution in [1.82, 2.24) is 10.2 Å². The molecule has 1 fully saturated rings. The molecule has 1 aliphatic heterocycles. The zero-order valence-corrected chi connectivity index (χ0v) is 23.4. The number of rotatable bonds is 13. The zero-order valence-electron chi connectivity index (χ0n) is 23.4. The topological polar surface area (TPSA) is 97.3 Å². The van der Waals surface area contributed by atoms with E-state index in [9.17, 15) is 14.7 Å². The fourth-order valence-electron chi connectivity index (χ4n) is 5.20. The molecule has 1 saturated heterocycles. The van der Waals surface area contributed by atoms with Crippen LogP contribution >= 0.6 is 0 Å². The summed E-state index contributed by atoms with van der Waals surface area (Å²) in [5, 5.41) is 12.7. The molecule has 8 nitrogen and oxygen atoms in total. The van der Waals surface area contributed by atoms with Crippen LogP contribution in [0.2, 0.25) is 0 Å². The maximum atomic E-state index is 13.5. The summed E-state index contributed by atoms with van der Waals surface area (Å²) in [6.07, 6.45) is 1.97. The lowest BCUT2D eigenvalue weighted by Crippen LogP contribution is -2.53. The van der Waals surface area contributed by atoms with Gasteiger partial charge in [0.15, 0.2) is 0 Å². The Kier molecular flexibility index (Phi) is 9.79. The minimum atomic E-state index is -1.09. The van der Waals surface area contributed by atoms with Gasteiger partial charge in [-0.25, -0.2) is 4.79 Å². The van der Waals surface area contributed by atoms with Crippen molar-refractivity contribution in [2.24, 2.45) is 0 Å². The number of nitrogens with one attached hydrogen (secondary N) is 1. The molecule has 2 N–H and O–H groups in total. The van der Waals surface area contributed by atoms with Crippen LogP contribution < -0.4 is 14.8 Å². The molecule has 40 heavy (non-hydrogen) atoms. The van der Waals surface area contributed by atoms with Crippen molar-refractivity contribution in [3.63, 3.8) is 0 Å². The van der Waals surface area contributed by atoms with Gasteiger partial charge >= 0.3 is 5.97 Å². The average molecular weight is 547 g/mol. The number of amides is 1. The van der Waals surface area contributed by atoms with Crippen molar-refractivity contribution in [3.05, 3.63) is 83.9 Å². The van der Waals surface area contributed by atoms with E-state index in [1.165, 1.54) is 5.56 Å². The third kappa shape index (κ3) is 7.00. The second-order valence-corrected chi connectivity index (χ2v) is 10.2. The van der Waals surface area contributed by atoms with Crippen LogP contribution in [0.15, 0.2) is 72.8 Å². The van der Waals surface area contributed by atoms with Crippen LogP contribution in [-0.2, 0) is 27.3 Å². The predicted molar refractivity (Wildman–Crippen MR) is 154 cm³/mol. The van der Waals surface area contributed by atoms with Crippen molar-refractivity contribution in [1.29, 1.82) is 0 Å². The van der Waals surface area contributed by atoms with E-state index in [1.54, 1.807) is 14.2 Å². The average Bonchev–Trinajstić information content (AvgIpc) is 3.46. The van der Waals surface area contributed by atoms with E-state index >= 15 is 0 Å². The van der Waals surface area contributed by atoms with Crippen molar-refractivity contribution < 1.29 is 28.9 Å². The third-order valence-corrected chi connectivity index (χ3v) is 7.42. The Morgan fingerprint density at radius 3 is 2.23 bits per heavy atom. The second kappa shape index (κ2) is 13.5. The van der Waals surface area contributed by atoms with Gasteiger partial charge in [-0.05, 0) is 55.1 Å². The van der Waals surface area contributed by atoms with Crippen molar-refractivity contribution in [2.45, 2.75) is 43.9 Å². The Hall–Kier alpha value is -3.88. The number of methoxy groups -OCH3 is 2. The lowest BCUT2D eigenvalue weighted by atomic mass is 9.93. The highest BCUT2D eigenvalue weighted by molar-refractivity contribution is 5.89. The Balaban J connectivity index is 1.42. The molecular weight excluding hydrogens is 508 g/mol. The van der Waals surface area contributed by atoms with Gasteiger partial charge in [0.05, 0.1) is 19.8 Å². The van der Waals surface area contributed by atoms with Gasteiger partial charge in [0.25, 0.3) is 5.91 Å². The number of hydrogen-bond acceptors (Lipinski definition) is 6. The molecule has 1 aliphatic rings. The molecule has 0 spiro atoms. The molecule has 3 aromatic carbocycles.